The van der Waals surface area contributed by atoms with Gasteiger partial charge in [0, 0.05) is 11.1 Å². The van der Waals surface area contributed by atoms with Crippen LogP contribution in [0.1, 0.15) is 10.4 Å². The molecule has 0 saturated carbocycles. The Bertz CT molecular complexity index is 871. The number of fused-ring (bicyclic) bond motifs is 1. The van der Waals surface area contributed by atoms with Crippen LogP contribution in [0.25, 0.3) is 0 Å². The van der Waals surface area contributed by atoms with Gasteiger partial charge in [-0.15, -0.1) is 0 Å². The molecule has 0 saturated heterocycles. The maximum Gasteiger partial charge on any atom is 0.336 e. The smallest absolute Gasteiger partial charge is 0.268 e. The van der Waals surface area contributed by atoms with E-state index in [-0.39, 0.29) is 12.2 Å². The maximum absolute atomic E-state index is 13.1. The lowest BCUT2D eigenvalue weighted by atomic mass is 10.1. The Morgan fingerprint density at radius 1 is 1.17 bits per heavy atom. The van der Waals surface area contributed by atoms with Crippen molar-refractivity contribution in [3.63, 3.8) is 0 Å². The van der Waals surface area contributed by atoms with Crippen molar-refractivity contribution >= 4 is 53.2 Å². The first-order chi connectivity index (χ1) is 11.6. The van der Waals surface area contributed by atoms with Crippen molar-refractivity contribution in [1.29, 1.82) is 0 Å². The highest BCUT2D eigenvalue weighted by Crippen LogP contribution is 2.31. The van der Waals surface area contributed by atoms with Crippen molar-refractivity contribution in [3.8, 4) is 0 Å². The number of hydrogen-bond acceptors (Lipinski definition) is 3. The number of quaternary nitrogens is 2. The minimum absolute atomic E-state index is 0.134. The molecule has 1 amide bonds. The molecular formula is C16H13Cl2N5O+2. The zero-order valence-electron chi connectivity index (χ0n) is 12.4. The predicted octanol–water partition coefficient (Wildman–Crippen LogP) is 1.00. The molecule has 0 radical (unpaired) electrons. The molecule has 0 aromatic heterocycles. The SMILES string of the molecule is O=C1c2ccccc2[NH2+]C([NH+]2C=NC=N2)N1c1ccc(Cl)cc1Cl. The Kier molecular flexibility index (Phi) is 3.82. The van der Waals surface area contributed by atoms with Gasteiger partial charge < -0.3 is 0 Å². The Labute approximate surface area is 148 Å². The molecule has 0 bridgehead atoms. The number of para-hydroxylation sites is 1. The van der Waals surface area contributed by atoms with Gasteiger partial charge in [-0.2, -0.15) is 4.99 Å². The lowest BCUT2D eigenvalue weighted by Gasteiger charge is -2.33. The monoisotopic (exact) mass is 361 g/mol. The summed E-state index contributed by atoms with van der Waals surface area (Å²) in [6.07, 6.45) is 2.74. The van der Waals surface area contributed by atoms with Crippen LogP contribution in [0.4, 0.5) is 11.4 Å². The summed E-state index contributed by atoms with van der Waals surface area (Å²) in [6, 6.07) is 12.5. The molecule has 2 aromatic carbocycles. The standard InChI is InChI=1S/C16H11Cl2N5O/c17-10-5-6-14(12(18)7-10)23-15(24)11-3-1-2-4-13(11)21-16(23)22-9-19-8-20-22/h1-9,16,21H/p+2. The summed E-state index contributed by atoms with van der Waals surface area (Å²) >= 11 is 12.3. The van der Waals surface area contributed by atoms with Crippen molar-refractivity contribution in [2.75, 3.05) is 4.90 Å². The zero-order valence-corrected chi connectivity index (χ0v) is 13.9. The van der Waals surface area contributed by atoms with Crippen LogP contribution in [0.2, 0.25) is 10.0 Å². The maximum atomic E-state index is 13.1. The number of rotatable bonds is 2. The van der Waals surface area contributed by atoms with Gasteiger partial charge in [0.15, 0.2) is 6.34 Å². The zero-order chi connectivity index (χ0) is 16.7. The number of carbonyl (C=O) groups excluding carboxylic acids is 1. The molecule has 2 aromatic rings. The topological polar surface area (TPSA) is 66.1 Å². The van der Waals surface area contributed by atoms with Crippen molar-refractivity contribution < 1.29 is 15.1 Å². The molecule has 2 heterocycles. The molecule has 0 fully saturated rings. The molecule has 0 aliphatic carbocycles. The number of anilines is 1. The summed E-state index contributed by atoms with van der Waals surface area (Å²) in [5.74, 6) is -0.134. The number of amides is 1. The second kappa shape index (κ2) is 5.99. The first-order valence-corrected chi connectivity index (χ1v) is 8.06. The highest BCUT2D eigenvalue weighted by atomic mass is 35.5. The summed E-state index contributed by atoms with van der Waals surface area (Å²) in [6.45, 7) is 0. The van der Waals surface area contributed by atoms with Gasteiger partial charge in [0.1, 0.15) is 11.3 Å². The number of hydrogen-bond donors (Lipinski definition) is 2. The minimum atomic E-state index is -0.381. The van der Waals surface area contributed by atoms with Gasteiger partial charge in [-0.1, -0.05) is 45.4 Å². The van der Waals surface area contributed by atoms with E-state index in [4.69, 9.17) is 23.2 Å². The van der Waals surface area contributed by atoms with Crippen molar-refractivity contribution in [1.82, 2.24) is 0 Å². The van der Waals surface area contributed by atoms with E-state index in [1.54, 1.807) is 35.5 Å². The molecule has 3 N–H and O–H groups in total. The largest absolute Gasteiger partial charge is 0.336 e. The molecule has 2 unspecified atom stereocenters. The Hall–Kier alpha value is -2.25. The van der Waals surface area contributed by atoms with E-state index < -0.39 is 0 Å². The summed E-state index contributed by atoms with van der Waals surface area (Å²) in [5, 5.41) is 7.87. The van der Waals surface area contributed by atoms with E-state index >= 15 is 0 Å². The fourth-order valence-electron chi connectivity index (χ4n) is 2.89. The van der Waals surface area contributed by atoms with Gasteiger partial charge in [-0.25, -0.2) is 10.2 Å². The van der Waals surface area contributed by atoms with Crippen LogP contribution in [0.5, 0.6) is 0 Å². The Morgan fingerprint density at radius 3 is 2.75 bits per heavy atom. The third-order valence-corrected chi connectivity index (χ3v) is 4.52. The van der Waals surface area contributed by atoms with E-state index in [9.17, 15) is 4.79 Å². The summed E-state index contributed by atoms with van der Waals surface area (Å²) in [4.78, 5) is 18.8. The second-order valence-electron chi connectivity index (χ2n) is 5.42. The quantitative estimate of drug-likeness (QED) is 0.770. The lowest BCUT2D eigenvalue weighted by molar-refractivity contribution is -0.959. The third kappa shape index (κ3) is 2.50. The van der Waals surface area contributed by atoms with Crippen LogP contribution in [0, 0.1) is 0 Å². The van der Waals surface area contributed by atoms with E-state index in [2.05, 4.69) is 10.1 Å². The van der Waals surface area contributed by atoms with Gasteiger partial charge >= 0.3 is 6.29 Å². The van der Waals surface area contributed by atoms with Gasteiger partial charge in [0.25, 0.3) is 5.91 Å². The number of aliphatic imine (C=N–C) groups is 1. The predicted molar refractivity (Wildman–Crippen MR) is 93.0 cm³/mol. The van der Waals surface area contributed by atoms with Crippen LogP contribution in [0.15, 0.2) is 52.6 Å². The third-order valence-electron chi connectivity index (χ3n) is 3.98. The highest BCUT2D eigenvalue weighted by Gasteiger charge is 2.44. The van der Waals surface area contributed by atoms with E-state index in [1.165, 1.54) is 6.34 Å². The Morgan fingerprint density at radius 2 is 2.00 bits per heavy atom. The van der Waals surface area contributed by atoms with Gasteiger partial charge in [-0.3, -0.25) is 4.79 Å². The number of nitrogens with two attached hydrogens (primary N) is 1. The summed E-state index contributed by atoms with van der Waals surface area (Å²) in [7, 11) is 0. The van der Waals surface area contributed by atoms with E-state index in [1.807, 2.05) is 23.5 Å². The van der Waals surface area contributed by atoms with Crippen LogP contribution in [0.3, 0.4) is 0 Å². The van der Waals surface area contributed by atoms with Crippen LogP contribution in [-0.2, 0) is 0 Å². The first-order valence-electron chi connectivity index (χ1n) is 7.30. The molecule has 6 nitrogen and oxygen atoms in total. The molecular weight excluding hydrogens is 349 g/mol. The van der Waals surface area contributed by atoms with Crippen molar-refractivity contribution in [3.05, 3.63) is 58.1 Å². The average molecular weight is 362 g/mol. The van der Waals surface area contributed by atoms with E-state index in [0.29, 0.717) is 26.3 Å². The fourth-order valence-corrected chi connectivity index (χ4v) is 3.39. The van der Waals surface area contributed by atoms with E-state index in [0.717, 1.165) is 5.69 Å². The average Bonchev–Trinajstić information content (AvgIpc) is 3.10. The number of nitrogens with one attached hydrogen (secondary N) is 1. The van der Waals surface area contributed by atoms with Gasteiger partial charge in [-0.05, 0) is 24.3 Å². The highest BCUT2D eigenvalue weighted by molar-refractivity contribution is 6.37. The van der Waals surface area contributed by atoms with Crippen LogP contribution >= 0.6 is 23.2 Å². The van der Waals surface area contributed by atoms with Crippen LogP contribution in [-0.4, -0.2) is 24.9 Å². The van der Waals surface area contributed by atoms with Gasteiger partial charge in [0.05, 0.1) is 10.7 Å². The van der Waals surface area contributed by atoms with Crippen LogP contribution < -0.4 is 15.2 Å². The van der Waals surface area contributed by atoms with Gasteiger partial charge in [0.2, 0.25) is 6.34 Å². The first kappa shape index (κ1) is 15.3. The Balaban J connectivity index is 1.85. The second-order valence-corrected chi connectivity index (χ2v) is 6.26. The molecule has 8 heteroatoms. The molecule has 4 rings (SSSR count). The normalized spacial score (nSPS) is 22.1. The lowest BCUT2D eigenvalue weighted by Crippen LogP contribution is -3.25. The summed E-state index contributed by atoms with van der Waals surface area (Å²) < 4.78 is 0. The number of carbonyl (C=O) groups is 1. The fraction of sp³-hybridized carbons (Fsp3) is 0.0625. The van der Waals surface area contributed by atoms with Crippen molar-refractivity contribution in [2.45, 2.75) is 6.29 Å². The molecule has 24 heavy (non-hydrogen) atoms. The molecule has 2 aliphatic rings. The number of halogens is 2. The molecule has 0 spiro atoms. The number of nitrogens with zero attached hydrogens (tertiary/aromatic N) is 3. The molecule has 2 atom stereocenters. The summed E-state index contributed by atoms with van der Waals surface area (Å²) in [5.41, 5.74) is 2.08. The minimum Gasteiger partial charge on any atom is -0.268 e. The van der Waals surface area contributed by atoms with Crippen molar-refractivity contribution in [2.24, 2.45) is 10.1 Å². The molecule has 120 valence electrons. The molecule has 2 aliphatic heterocycles. The number of benzene rings is 2.